The van der Waals surface area contributed by atoms with Crippen molar-refractivity contribution in [3.8, 4) is 0 Å². The molecule has 1 atom stereocenters. The van der Waals surface area contributed by atoms with Crippen LogP contribution in [0.15, 0.2) is 58.5 Å². The number of nitrogens with one attached hydrogen (secondary N) is 1. The van der Waals surface area contributed by atoms with Crippen molar-refractivity contribution in [3.05, 3.63) is 65.4 Å². The molecule has 2 fully saturated rings. The predicted molar refractivity (Wildman–Crippen MR) is 125 cm³/mol. The normalized spacial score (nSPS) is 17.4. The summed E-state index contributed by atoms with van der Waals surface area (Å²) >= 11 is 1.27. The molecule has 1 aromatic carbocycles. The molecule has 0 radical (unpaired) electrons. The average molecular weight is 481 g/mol. The van der Waals surface area contributed by atoms with Crippen molar-refractivity contribution >= 4 is 40.3 Å². The molecule has 34 heavy (non-hydrogen) atoms. The summed E-state index contributed by atoms with van der Waals surface area (Å²) in [5, 5.41) is 5.02. The van der Waals surface area contributed by atoms with E-state index < -0.39 is 12.1 Å². The highest BCUT2D eigenvalue weighted by Crippen LogP contribution is 2.33. The molecule has 176 valence electrons. The zero-order valence-electron chi connectivity index (χ0n) is 18.4. The van der Waals surface area contributed by atoms with Crippen LogP contribution in [0.1, 0.15) is 41.8 Å². The van der Waals surface area contributed by atoms with E-state index in [4.69, 9.17) is 9.15 Å². The number of ether oxygens (including phenoxy) is 1. The number of amides is 3. The van der Waals surface area contributed by atoms with Crippen LogP contribution in [0.25, 0.3) is 0 Å². The van der Waals surface area contributed by atoms with E-state index in [-0.39, 0.29) is 36.1 Å². The zero-order valence-corrected chi connectivity index (χ0v) is 19.2. The molecule has 2 aromatic heterocycles. The second-order valence-electron chi connectivity index (χ2n) is 8.27. The van der Waals surface area contributed by atoms with Crippen molar-refractivity contribution in [2.24, 2.45) is 0 Å². The van der Waals surface area contributed by atoms with E-state index in [0.717, 1.165) is 18.4 Å². The lowest BCUT2D eigenvalue weighted by Gasteiger charge is -2.27. The van der Waals surface area contributed by atoms with Gasteiger partial charge in [0.2, 0.25) is 5.88 Å². The Hall–Kier alpha value is -3.66. The molecule has 10 heteroatoms. The third kappa shape index (κ3) is 4.81. The Bertz CT molecular complexity index is 1160. The third-order valence-corrected chi connectivity index (χ3v) is 6.51. The topological polar surface area (TPSA) is 105 Å². The molecule has 9 nitrogen and oxygen atoms in total. The first-order valence-corrected chi connectivity index (χ1v) is 12.1. The monoisotopic (exact) mass is 480 g/mol. The Morgan fingerprint density at radius 2 is 1.97 bits per heavy atom. The molecule has 1 saturated heterocycles. The van der Waals surface area contributed by atoms with Crippen molar-refractivity contribution < 1.29 is 23.5 Å². The summed E-state index contributed by atoms with van der Waals surface area (Å²) in [7, 11) is 0. The van der Waals surface area contributed by atoms with E-state index >= 15 is 0 Å². The van der Waals surface area contributed by atoms with Crippen LogP contribution in [0.3, 0.4) is 0 Å². The van der Waals surface area contributed by atoms with Gasteiger partial charge in [-0.3, -0.25) is 14.5 Å². The number of rotatable bonds is 7. The number of likely N-dealkylation sites (tertiary alicyclic amines) is 1. The third-order valence-electron chi connectivity index (χ3n) is 5.76. The maximum atomic E-state index is 13.7. The van der Waals surface area contributed by atoms with Crippen LogP contribution in [0.4, 0.5) is 15.8 Å². The fourth-order valence-corrected chi connectivity index (χ4v) is 4.52. The smallest absolute Gasteiger partial charge is 0.410 e. The lowest BCUT2D eigenvalue weighted by molar-refractivity contribution is -0.122. The van der Waals surface area contributed by atoms with Gasteiger partial charge in [-0.15, -0.1) is 11.3 Å². The first-order valence-electron chi connectivity index (χ1n) is 11.2. The lowest BCUT2D eigenvalue weighted by atomic mass is 10.2. The number of aromatic nitrogens is 1. The van der Waals surface area contributed by atoms with Gasteiger partial charge >= 0.3 is 6.09 Å². The first-order chi connectivity index (χ1) is 16.6. The molecule has 2 aliphatic rings. The summed E-state index contributed by atoms with van der Waals surface area (Å²) in [4.78, 5) is 46.0. The minimum absolute atomic E-state index is 0.127. The number of benzene rings is 1. The summed E-state index contributed by atoms with van der Waals surface area (Å²) in [6.07, 6.45) is 4.14. The molecule has 5 rings (SSSR count). The Labute approximate surface area is 200 Å². The van der Waals surface area contributed by atoms with Crippen LogP contribution in [0, 0.1) is 0 Å². The zero-order chi connectivity index (χ0) is 23.5. The summed E-state index contributed by atoms with van der Waals surface area (Å²) in [6.45, 7) is 0.549. The van der Waals surface area contributed by atoms with Gasteiger partial charge in [0.05, 0.1) is 0 Å². The molecule has 1 aliphatic heterocycles. The number of hydrogen-bond acceptors (Lipinski definition) is 7. The van der Waals surface area contributed by atoms with Gasteiger partial charge in [-0.1, -0.05) is 30.3 Å². The van der Waals surface area contributed by atoms with Crippen LogP contribution in [-0.2, 0) is 16.1 Å². The number of carbonyl (C=O) groups excluding carboxylic acids is 3. The highest BCUT2D eigenvalue weighted by atomic mass is 32.1. The van der Waals surface area contributed by atoms with Gasteiger partial charge in [0, 0.05) is 30.2 Å². The van der Waals surface area contributed by atoms with Crippen LogP contribution in [0.2, 0.25) is 0 Å². The Balaban J connectivity index is 1.33. The maximum absolute atomic E-state index is 13.7. The molecule has 1 saturated carbocycles. The Morgan fingerprint density at radius 1 is 1.15 bits per heavy atom. The highest BCUT2D eigenvalue weighted by molar-refractivity contribution is 7.13. The number of carbonyl (C=O) groups is 3. The largest absolute Gasteiger partial charge is 0.445 e. The first kappa shape index (κ1) is 22.1. The summed E-state index contributed by atoms with van der Waals surface area (Å²) in [6, 6.07) is 12.0. The molecule has 3 amide bonds. The number of furan rings is 1. The van der Waals surface area contributed by atoms with Gasteiger partial charge in [-0.2, -0.15) is 0 Å². The van der Waals surface area contributed by atoms with E-state index in [1.165, 1.54) is 21.1 Å². The lowest BCUT2D eigenvalue weighted by Crippen LogP contribution is -2.46. The van der Waals surface area contributed by atoms with Crippen molar-refractivity contribution in [2.75, 3.05) is 11.4 Å². The number of thiazole rings is 1. The molecule has 0 bridgehead atoms. The van der Waals surface area contributed by atoms with Crippen molar-refractivity contribution in [1.29, 1.82) is 0 Å². The molecule has 1 unspecified atom stereocenters. The highest BCUT2D eigenvalue weighted by Gasteiger charge is 2.40. The van der Waals surface area contributed by atoms with Gasteiger partial charge < -0.3 is 14.5 Å². The second-order valence-corrected chi connectivity index (χ2v) is 9.14. The van der Waals surface area contributed by atoms with Crippen LogP contribution in [-0.4, -0.2) is 46.4 Å². The van der Waals surface area contributed by atoms with Crippen molar-refractivity contribution in [2.45, 2.75) is 44.4 Å². The molecule has 1 aliphatic carbocycles. The maximum Gasteiger partial charge on any atom is 0.410 e. The molecular weight excluding hydrogens is 456 g/mol. The van der Waals surface area contributed by atoms with E-state index in [1.54, 1.807) is 23.7 Å². The van der Waals surface area contributed by atoms with Gasteiger partial charge in [0.1, 0.15) is 12.6 Å². The molecule has 3 heterocycles. The fourth-order valence-electron chi connectivity index (χ4n) is 3.87. The SMILES string of the molecule is O=C(NC1CC1)c1ccc(N(C(=O)C2CCCN2C(=O)OCc2ccccc2)c2nccs2)o1. The quantitative estimate of drug-likeness (QED) is 0.546. The summed E-state index contributed by atoms with van der Waals surface area (Å²) in [5.41, 5.74) is 0.870. The van der Waals surface area contributed by atoms with Crippen LogP contribution >= 0.6 is 11.3 Å². The predicted octanol–water partition coefficient (Wildman–Crippen LogP) is 4.09. The fraction of sp³-hybridized carbons (Fsp3) is 0.333. The van der Waals surface area contributed by atoms with Crippen LogP contribution < -0.4 is 10.2 Å². The second kappa shape index (κ2) is 9.68. The minimum atomic E-state index is -0.721. The van der Waals surface area contributed by atoms with Crippen LogP contribution in [0.5, 0.6) is 0 Å². The average Bonchev–Trinajstić information content (AvgIpc) is 3.29. The Kier molecular flexibility index (Phi) is 6.31. The van der Waals surface area contributed by atoms with Crippen molar-refractivity contribution in [1.82, 2.24) is 15.2 Å². The summed E-state index contributed by atoms with van der Waals surface area (Å²) < 4.78 is 11.2. The molecule has 0 spiro atoms. The van der Waals surface area contributed by atoms with Gasteiger partial charge in [-0.25, -0.2) is 14.7 Å². The van der Waals surface area contributed by atoms with E-state index in [2.05, 4.69) is 10.3 Å². The van der Waals surface area contributed by atoms with Gasteiger partial charge in [0.25, 0.3) is 11.8 Å². The number of nitrogens with zero attached hydrogens (tertiary/aromatic N) is 3. The van der Waals surface area contributed by atoms with E-state index in [0.29, 0.717) is 24.5 Å². The number of anilines is 2. The molecule has 3 aromatic rings. The van der Waals surface area contributed by atoms with E-state index in [9.17, 15) is 14.4 Å². The molecular formula is C24H24N4O5S. The van der Waals surface area contributed by atoms with Gasteiger partial charge in [-0.05, 0) is 37.3 Å². The Morgan fingerprint density at radius 3 is 2.71 bits per heavy atom. The van der Waals surface area contributed by atoms with E-state index in [1.807, 2.05) is 30.3 Å². The standard InChI is InChI=1S/C24H24N4O5S/c29-21(26-17-8-9-17)19-10-11-20(33-19)28(23-25-12-14-34-23)22(30)18-7-4-13-27(18)24(31)32-15-16-5-2-1-3-6-16/h1-3,5-6,10-12,14,17-18H,4,7-9,13,15H2,(H,26,29). The number of hydrogen-bond donors (Lipinski definition) is 1. The summed E-state index contributed by atoms with van der Waals surface area (Å²) in [5.74, 6) is -0.355. The minimum Gasteiger partial charge on any atom is -0.445 e. The van der Waals surface area contributed by atoms with Crippen molar-refractivity contribution in [3.63, 3.8) is 0 Å². The van der Waals surface area contributed by atoms with Gasteiger partial charge in [0.15, 0.2) is 10.9 Å². The molecule has 1 N–H and O–H groups in total.